The van der Waals surface area contributed by atoms with Crippen LogP contribution in [0.5, 0.6) is 0 Å². The molecule has 0 aromatic heterocycles. The van der Waals surface area contributed by atoms with Crippen LogP contribution in [0.1, 0.15) is 22.6 Å². The first-order valence-corrected chi connectivity index (χ1v) is 14.4. The Kier molecular flexibility index (Phi) is 8.46. The quantitative estimate of drug-likeness (QED) is 0.486. The van der Waals surface area contributed by atoms with Crippen LogP contribution in [0.3, 0.4) is 0 Å². The van der Waals surface area contributed by atoms with Gasteiger partial charge in [-0.05, 0) is 42.4 Å². The third-order valence-electron chi connectivity index (χ3n) is 7.25. The van der Waals surface area contributed by atoms with E-state index in [2.05, 4.69) is 0 Å². The Morgan fingerprint density at radius 3 is 2.23 bits per heavy atom. The van der Waals surface area contributed by atoms with E-state index < -0.39 is 33.4 Å². The van der Waals surface area contributed by atoms with Crippen LogP contribution in [0, 0.1) is 11.6 Å². The SMILES string of the molecule is CN(Cc1ccc(C(F)(F)F)c(F)c1)[C@H]1CN(C(=O)N2CCN(S(C)(=O)=O)CC2)C[C@@H]1c1ccc(Cl)c(F)c1. The molecule has 39 heavy (non-hydrogen) atoms. The Labute approximate surface area is 228 Å². The monoisotopic (exact) mass is 594 g/mol. The number of rotatable bonds is 5. The average molecular weight is 595 g/mol. The molecule has 2 heterocycles. The van der Waals surface area contributed by atoms with Gasteiger partial charge in [-0.25, -0.2) is 22.0 Å². The van der Waals surface area contributed by atoms with Crippen molar-refractivity contribution in [3.05, 3.63) is 69.7 Å². The second kappa shape index (κ2) is 11.2. The van der Waals surface area contributed by atoms with Gasteiger partial charge in [0.1, 0.15) is 11.6 Å². The average Bonchev–Trinajstić information content (AvgIpc) is 3.30. The molecule has 0 saturated carbocycles. The molecule has 0 N–H and O–H groups in total. The van der Waals surface area contributed by atoms with Crippen molar-refractivity contribution < 1.29 is 35.2 Å². The first kappa shape index (κ1) is 29.5. The second-order valence-corrected chi connectivity index (χ2v) is 12.3. The van der Waals surface area contributed by atoms with E-state index in [9.17, 15) is 35.2 Å². The Morgan fingerprint density at radius 1 is 1.00 bits per heavy atom. The molecule has 0 aliphatic carbocycles. The number of halogens is 6. The predicted molar refractivity (Wildman–Crippen MR) is 136 cm³/mol. The number of alkyl halides is 3. The van der Waals surface area contributed by atoms with E-state index in [1.807, 2.05) is 0 Å². The van der Waals surface area contributed by atoms with E-state index in [1.165, 1.54) is 22.5 Å². The van der Waals surface area contributed by atoms with Gasteiger partial charge in [-0.3, -0.25) is 4.90 Å². The fourth-order valence-corrected chi connectivity index (χ4v) is 6.11. The van der Waals surface area contributed by atoms with Crippen molar-refractivity contribution in [2.45, 2.75) is 24.7 Å². The normalized spacial score (nSPS) is 21.2. The summed E-state index contributed by atoms with van der Waals surface area (Å²) in [6, 6.07) is 6.46. The number of nitrogens with zero attached hydrogens (tertiary/aromatic N) is 4. The number of urea groups is 1. The summed E-state index contributed by atoms with van der Waals surface area (Å²) in [6.07, 6.45) is -3.69. The van der Waals surface area contributed by atoms with E-state index in [1.54, 1.807) is 27.8 Å². The summed E-state index contributed by atoms with van der Waals surface area (Å²) in [4.78, 5) is 18.3. The summed E-state index contributed by atoms with van der Waals surface area (Å²) in [6.45, 7) is 1.31. The number of sulfonamides is 1. The summed E-state index contributed by atoms with van der Waals surface area (Å²) < 4.78 is 92.4. The molecule has 2 saturated heterocycles. The molecule has 2 fully saturated rings. The number of piperazine rings is 1. The van der Waals surface area contributed by atoms with Crippen LogP contribution >= 0.6 is 11.6 Å². The summed E-state index contributed by atoms with van der Waals surface area (Å²) in [7, 11) is -1.66. The topological polar surface area (TPSA) is 64.2 Å². The lowest BCUT2D eigenvalue weighted by atomic mass is 9.93. The van der Waals surface area contributed by atoms with E-state index >= 15 is 0 Å². The molecule has 2 aromatic carbocycles. The fourth-order valence-electron chi connectivity index (χ4n) is 5.16. The lowest BCUT2D eigenvalue weighted by Gasteiger charge is -2.35. The van der Waals surface area contributed by atoms with Crippen LogP contribution in [0.4, 0.5) is 26.7 Å². The highest BCUT2D eigenvalue weighted by molar-refractivity contribution is 7.88. The van der Waals surface area contributed by atoms with Crippen molar-refractivity contribution in [3.63, 3.8) is 0 Å². The predicted octanol–water partition coefficient (Wildman–Crippen LogP) is 4.23. The van der Waals surface area contributed by atoms with Gasteiger partial charge in [-0.2, -0.15) is 17.5 Å². The molecule has 2 amide bonds. The van der Waals surface area contributed by atoms with Crippen LogP contribution in [-0.2, 0) is 22.7 Å². The number of benzene rings is 2. The van der Waals surface area contributed by atoms with Gasteiger partial charge in [0.25, 0.3) is 0 Å². The summed E-state index contributed by atoms with van der Waals surface area (Å²) in [5.41, 5.74) is -0.452. The molecule has 2 aromatic rings. The maximum atomic E-state index is 14.3. The third kappa shape index (κ3) is 6.64. The van der Waals surface area contributed by atoms with Gasteiger partial charge < -0.3 is 9.80 Å². The molecule has 0 bridgehead atoms. The van der Waals surface area contributed by atoms with Crippen molar-refractivity contribution in [2.24, 2.45) is 0 Å². The number of likely N-dealkylation sites (tertiary alicyclic amines) is 1. The van der Waals surface area contributed by atoms with E-state index in [-0.39, 0.29) is 68.8 Å². The van der Waals surface area contributed by atoms with Crippen molar-refractivity contribution in [1.29, 1.82) is 0 Å². The first-order chi connectivity index (χ1) is 18.1. The number of hydrogen-bond acceptors (Lipinski definition) is 4. The van der Waals surface area contributed by atoms with E-state index in [0.717, 1.165) is 12.3 Å². The number of amides is 2. The van der Waals surface area contributed by atoms with E-state index in [4.69, 9.17) is 11.6 Å². The van der Waals surface area contributed by atoms with Crippen molar-refractivity contribution >= 4 is 27.7 Å². The van der Waals surface area contributed by atoms with Crippen LogP contribution in [-0.4, -0.2) is 92.1 Å². The minimum atomic E-state index is -4.81. The fraction of sp³-hybridized carbons (Fsp3) is 0.480. The molecule has 214 valence electrons. The lowest BCUT2D eigenvalue weighted by molar-refractivity contribution is -0.140. The molecule has 7 nitrogen and oxygen atoms in total. The second-order valence-electron chi connectivity index (χ2n) is 9.91. The maximum absolute atomic E-state index is 14.3. The molecule has 2 aliphatic rings. The number of likely N-dealkylation sites (N-methyl/N-ethyl adjacent to an activating group) is 1. The Bertz CT molecular complexity index is 1340. The van der Waals surface area contributed by atoms with Gasteiger partial charge in [-0.15, -0.1) is 0 Å². The molecule has 0 unspecified atom stereocenters. The largest absolute Gasteiger partial charge is 0.419 e. The van der Waals surface area contributed by atoms with Crippen LogP contribution in [0.2, 0.25) is 5.02 Å². The molecule has 4 rings (SSSR count). The third-order valence-corrected chi connectivity index (χ3v) is 8.86. The number of carbonyl (C=O) groups is 1. The zero-order valence-electron chi connectivity index (χ0n) is 21.3. The Balaban J connectivity index is 1.54. The highest BCUT2D eigenvalue weighted by atomic mass is 35.5. The summed E-state index contributed by atoms with van der Waals surface area (Å²) in [5.74, 6) is -2.37. The summed E-state index contributed by atoms with van der Waals surface area (Å²) in [5, 5.41) is -0.0569. The first-order valence-electron chi connectivity index (χ1n) is 12.1. The van der Waals surface area contributed by atoms with Gasteiger partial charge in [0.2, 0.25) is 10.0 Å². The molecular formula is C25H28ClF5N4O3S. The van der Waals surface area contributed by atoms with Crippen LogP contribution in [0.15, 0.2) is 36.4 Å². The molecule has 0 radical (unpaired) electrons. The van der Waals surface area contributed by atoms with Crippen molar-refractivity contribution in [2.75, 3.05) is 52.6 Å². The van der Waals surface area contributed by atoms with Gasteiger partial charge in [-0.1, -0.05) is 23.7 Å². The van der Waals surface area contributed by atoms with Crippen molar-refractivity contribution in [3.8, 4) is 0 Å². The highest BCUT2D eigenvalue weighted by Crippen LogP contribution is 2.35. The molecule has 14 heteroatoms. The minimum absolute atomic E-state index is 0.0569. The van der Waals surface area contributed by atoms with Crippen molar-refractivity contribution in [1.82, 2.24) is 19.0 Å². The highest BCUT2D eigenvalue weighted by Gasteiger charge is 2.41. The van der Waals surface area contributed by atoms with Gasteiger partial charge >= 0.3 is 12.2 Å². The Hall–Kier alpha value is -2.48. The Morgan fingerprint density at radius 2 is 1.67 bits per heavy atom. The zero-order chi connectivity index (χ0) is 28.7. The molecule has 2 aliphatic heterocycles. The number of hydrogen-bond donors (Lipinski definition) is 0. The van der Waals surface area contributed by atoms with Gasteiger partial charge in [0.05, 0.1) is 16.8 Å². The molecular weight excluding hydrogens is 567 g/mol. The minimum Gasteiger partial charge on any atom is -0.322 e. The molecule has 2 atom stereocenters. The smallest absolute Gasteiger partial charge is 0.322 e. The van der Waals surface area contributed by atoms with Gasteiger partial charge in [0.15, 0.2) is 0 Å². The number of carbonyl (C=O) groups excluding carboxylic acids is 1. The molecule has 0 spiro atoms. The van der Waals surface area contributed by atoms with Crippen LogP contribution in [0.25, 0.3) is 0 Å². The standard InChI is InChI=1S/C25H28ClF5N4O3S/c1-32(13-16-3-5-19(21(27)11-16)25(29,30)31)23-15-34(14-18(23)17-4-6-20(26)22(28)12-17)24(36)33-7-9-35(10-8-33)39(2,37)38/h3-6,11-12,18,23H,7-10,13-15H2,1-2H3/t18-,23+/m1/s1. The zero-order valence-corrected chi connectivity index (χ0v) is 22.8. The maximum Gasteiger partial charge on any atom is 0.419 e. The lowest BCUT2D eigenvalue weighted by Crippen LogP contribution is -2.53. The van der Waals surface area contributed by atoms with Gasteiger partial charge in [0, 0.05) is 57.8 Å². The van der Waals surface area contributed by atoms with E-state index in [0.29, 0.717) is 17.2 Å². The van der Waals surface area contributed by atoms with Crippen LogP contribution < -0.4 is 0 Å². The summed E-state index contributed by atoms with van der Waals surface area (Å²) >= 11 is 5.86.